The zero-order chi connectivity index (χ0) is 18.3. The molecule has 0 aromatic heterocycles. The number of aliphatic carboxylic acids is 1. The van der Waals surface area contributed by atoms with Crippen molar-refractivity contribution in [2.75, 3.05) is 26.0 Å². The molecule has 0 saturated heterocycles. The second-order valence-electron chi connectivity index (χ2n) is 5.42. The quantitative estimate of drug-likeness (QED) is 0.717. The molecule has 0 aliphatic rings. The summed E-state index contributed by atoms with van der Waals surface area (Å²) in [6, 6.07) is 5.28. The maximum absolute atomic E-state index is 12.5. The molecule has 1 unspecified atom stereocenters. The number of methoxy groups -OCH3 is 1. The van der Waals surface area contributed by atoms with E-state index in [-0.39, 0.29) is 28.9 Å². The fourth-order valence-electron chi connectivity index (χ4n) is 2.08. The topological polar surface area (TPSA) is 101 Å². The number of rotatable bonds is 9. The van der Waals surface area contributed by atoms with Crippen molar-refractivity contribution in [3.8, 4) is 0 Å². The van der Waals surface area contributed by atoms with Gasteiger partial charge >= 0.3 is 5.97 Å². The molecule has 0 fully saturated rings. The molecule has 1 amide bonds. The summed E-state index contributed by atoms with van der Waals surface area (Å²) in [5, 5.41) is 8.97. The molecule has 1 aromatic rings. The standard InChI is InChI=1S/C16H23NO6S/c1-4-12(2)17(11-15(18)19)16(20)13-5-7-14(8-6-13)24(21,22)10-9-23-3/h5-8,12H,4,9-11H2,1-3H3,(H,18,19). The van der Waals surface area contributed by atoms with Crippen LogP contribution in [0.15, 0.2) is 29.2 Å². The van der Waals surface area contributed by atoms with Crippen molar-refractivity contribution in [1.29, 1.82) is 0 Å². The van der Waals surface area contributed by atoms with Gasteiger partial charge in [0.25, 0.3) is 5.91 Å². The SMILES string of the molecule is CCC(C)N(CC(=O)O)C(=O)c1ccc(S(=O)(=O)CCOC)cc1. The van der Waals surface area contributed by atoms with E-state index in [0.29, 0.717) is 6.42 Å². The lowest BCUT2D eigenvalue weighted by Crippen LogP contribution is -2.41. The predicted molar refractivity (Wildman–Crippen MR) is 88.8 cm³/mol. The van der Waals surface area contributed by atoms with Crippen LogP contribution in [0.2, 0.25) is 0 Å². The zero-order valence-corrected chi connectivity index (χ0v) is 14.9. The number of nitrogens with zero attached hydrogens (tertiary/aromatic N) is 1. The Hall–Kier alpha value is -1.93. The molecule has 24 heavy (non-hydrogen) atoms. The predicted octanol–water partition coefficient (Wildman–Crippen LogP) is 1.43. The van der Waals surface area contributed by atoms with Gasteiger partial charge in [0.05, 0.1) is 17.3 Å². The Morgan fingerprint density at radius 3 is 2.29 bits per heavy atom. The molecule has 0 heterocycles. The van der Waals surface area contributed by atoms with Gasteiger partial charge < -0.3 is 14.7 Å². The molecule has 1 rings (SSSR count). The molecule has 7 nitrogen and oxygen atoms in total. The van der Waals surface area contributed by atoms with Crippen LogP contribution in [0.25, 0.3) is 0 Å². The summed E-state index contributed by atoms with van der Waals surface area (Å²) in [7, 11) is -2.05. The van der Waals surface area contributed by atoms with E-state index in [0.717, 1.165) is 0 Å². The Bertz CT molecular complexity index is 668. The molecule has 0 spiro atoms. The highest BCUT2D eigenvalue weighted by Gasteiger charge is 2.23. The number of benzene rings is 1. The summed E-state index contributed by atoms with van der Waals surface area (Å²) >= 11 is 0. The highest BCUT2D eigenvalue weighted by molar-refractivity contribution is 7.91. The Morgan fingerprint density at radius 2 is 1.83 bits per heavy atom. The van der Waals surface area contributed by atoms with Crippen LogP contribution in [0.4, 0.5) is 0 Å². The molecular weight excluding hydrogens is 334 g/mol. The molecule has 0 aliphatic heterocycles. The summed E-state index contributed by atoms with van der Waals surface area (Å²) < 4.78 is 28.9. The number of carboxylic acids is 1. The van der Waals surface area contributed by atoms with Gasteiger partial charge in [0, 0.05) is 18.7 Å². The molecule has 0 radical (unpaired) electrons. The van der Waals surface area contributed by atoms with E-state index in [1.807, 2.05) is 6.92 Å². The zero-order valence-electron chi connectivity index (χ0n) is 14.1. The lowest BCUT2D eigenvalue weighted by Gasteiger charge is -2.27. The Kier molecular flexibility index (Phi) is 7.37. The van der Waals surface area contributed by atoms with Crippen LogP contribution >= 0.6 is 0 Å². The lowest BCUT2D eigenvalue weighted by molar-refractivity contribution is -0.138. The lowest BCUT2D eigenvalue weighted by atomic mass is 10.1. The molecule has 0 aliphatic carbocycles. The molecule has 0 saturated carbocycles. The summed E-state index contributed by atoms with van der Waals surface area (Å²) in [5.41, 5.74) is 0.252. The van der Waals surface area contributed by atoms with Crippen LogP contribution in [-0.2, 0) is 19.4 Å². The molecule has 1 aromatic carbocycles. The highest BCUT2D eigenvalue weighted by atomic mass is 32.2. The van der Waals surface area contributed by atoms with Crippen molar-refractivity contribution >= 4 is 21.7 Å². The Morgan fingerprint density at radius 1 is 1.25 bits per heavy atom. The van der Waals surface area contributed by atoms with Gasteiger partial charge in [0.1, 0.15) is 6.54 Å². The largest absolute Gasteiger partial charge is 0.480 e. The second kappa shape index (κ2) is 8.79. The third-order valence-corrected chi connectivity index (χ3v) is 5.40. The van der Waals surface area contributed by atoms with Gasteiger partial charge in [-0.25, -0.2) is 8.42 Å². The van der Waals surface area contributed by atoms with Gasteiger partial charge in [-0.15, -0.1) is 0 Å². The fraction of sp³-hybridized carbons (Fsp3) is 0.500. The fourth-order valence-corrected chi connectivity index (χ4v) is 3.25. The van der Waals surface area contributed by atoms with E-state index >= 15 is 0 Å². The number of carbonyl (C=O) groups is 2. The summed E-state index contributed by atoms with van der Waals surface area (Å²) in [6.45, 7) is 3.31. The Labute approximate surface area is 142 Å². The van der Waals surface area contributed by atoms with Crippen molar-refractivity contribution in [3.63, 3.8) is 0 Å². The van der Waals surface area contributed by atoms with E-state index in [2.05, 4.69) is 0 Å². The van der Waals surface area contributed by atoms with Crippen LogP contribution in [0.5, 0.6) is 0 Å². The van der Waals surface area contributed by atoms with Crippen molar-refractivity contribution in [2.45, 2.75) is 31.2 Å². The third kappa shape index (κ3) is 5.31. The van der Waals surface area contributed by atoms with Crippen molar-refractivity contribution in [2.24, 2.45) is 0 Å². The van der Waals surface area contributed by atoms with Gasteiger partial charge in [0.15, 0.2) is 9.84 Å². The van der Waals surface area contributed by atoms with Crippen molar-refractivity contribution in [3.05, 3.63) is 29.8 Å². The molecule has 0 bridgehead atoms. The van der Waals surface area contributed by atoms with Gasteiger partial charge in [-0.05, 0) is 37.6 Å². The van der Waals surface area contributed by atoms with Crippen molar-refractivity contribution in [1.82, 2.24) is 4.90 Å². The molecule has 8 heteroatoms. The van der Waals surface area contributed by atoms with Crippen molar-refractivity contribution < 1.29 is 27.9 Å². The first-order valence-electron chi connectivity index (χ1n) is 7.57. The number of ether oxygens (including phenoxy) is 1. The average Bonchev–Trinajstić information content (AvgIpc) is 2.56. The number of hydrogen-bond acceptors (Lipinski definition) is 5. The van der Waals surface area contributed by atoms with E-state index in [9.17, 15) is 18.0 Å². The smallest absolute Gasteiger partial charge is 0.323 e. The first-order valence-corrected chi connectivity index (χ1v) is 9.22. The first-order chi connectivity index (χ1) is 11.2. The number of hydrogen-bond donors (Lipinski definition) is 1. The number of carbonyl (C=O) groups excluding carboxylic acids is 1. The summed E-state index contributed by atoms with van der Waals surface area (Å²) in [4.78, 5) is 24.8. The minimum absolute atomic E-state index is 0.0867. The summed E-state index contributed by atoms with van der Waals surface area (Å²) in [6.07, 6.45) is 0.614. The second-order valence-corrected chi connectivity index (χ2v) is 7.53. The summed E-state index contributed by atoms with van der Waals surface area (Å²) in [5.74, 6) is -1.68. The van der Waals surface area contributed by atoms with E-state index in [1.54, 1.807) is 6.92 Å². The van der Waals surface area contributed by atoms with Gasteiger partial charge in [-0.2, -0.15) is 0 Å². The molecule has 1 atom stereocenters. The van der Waals surface area contributed by atoms with E-state index < -0.39 is 28.3 Å². The van der Waals surface area contributed by atoms with Crippen LogP contribution in [0.1, 0.15) is 30.6 Å². The van der Waals surface area contributed by atoms with Crippen LogP contribution < -0.4 is 0 Å². The van der Waals surface area contributed by atoms with E-state index in [1.165, 1.54) is 36.3 Å². The average molecular weight is 357 g/mol. The third-order valence-electron chi connectivity index (χ3n) is 3.71. The van der Waals surface area contributed by atoms with Crippen LogP contribution in [0.3, 0.4) is 0 Å². The normalized spacial score (nSPS) is 12.6. The number of amides is 1. The molecular formula is C16H23NO6S. The van der Waals surface area contributed by atoms with Crippen LogP contribution in [0, 0.1) is 0 Å². The van der Waals surface area contributed by atoms with Gasteiger partial charge in [-0.3, -0.25) is 9.59 Å². The minimum atomic E-state index is -3.47. The maximum atomic E-state index is 12.5. The maximum Gasteiger partial charge on any atom is 0.323 e. The molecule has 134 valence electrons. The van der Waals surface area contributed by atoms with E-state index in [4.69, 9.17) is 9.84 Å². The first kappa shape index (κ1) is 20.1. The van der Waals surface area contributed by atoms with Crippen LogP contribution in [-0.4, -0.2) is 62.4 Å². The number of carboxylic acid groups (broad SMARTS) is 1. The van der Waals surface area contributed by atoms with Gasteiger partial charge in [0.2, 0.25) is 0 Å². The molecule has 1 N–H and O–H groups in total. The monoisotopic (exact) mass is 357 g/mol. The highest BCUT2D eigenvalue weighted by Crippen LogP contribution is 2.16. The minimum Gasteiger partial charge on any atom is -0.480 e. The van der Waals surface area contributed by atoms with Gasteiger partial charge in [-0.1, -0.05) is 6.92 Å². The Balaban J connectivity index is 3.01. The number of sulfone groups is 1.